The minimum Gasteiger partial charge on any atom is -0.496 e. The third-order valence-electron chi connectivity index (χ3n) is 8.22. The SMILES string of the molecule is CCOC(=O)[C@]12CCCC=C1N(CCc1ccc(OC)c(OC)c1)C(=O)[C@H](CC(=O)NCCc1ccccc1OC)C2. The Bertz CT molecular complexity index is 1310. The highest BCUT2D eigenvalue weighted by molar-refractivity contribution is 5.92. The van der Waals surface area contributed by atoms with E-state index in [1.807, 2.05) is 48.5 Å². The highest BCUT2D eigenvalue weighted by Gasteiger charge is 2.54. The first-order valence-electron chi connectivity index (χ1n) is 14.7. The molecule has 1 heterocycles. The molecule has 0 radical (unpaired) electrons. The molecule has 1 N–H and O–H groups in total. The summed E-state index contributed by atoms with van der Waals surface area (Å²) in [6.07, 6.45) is 5.61. The van der Waals surface area contributed by atoms with E-state index in [2.05, 4.69) is 5.32 Å². The van der Waals surface area contributed by atoms with Gasteiger partial charge in [-0.2, -0.15) is 0 Å². The van der Waals surface area contributed by atoms with Gasteiger partial charge in [-0.1, -0.05) is 30.3 Å². The molecule has 2 amide bonds. The summed E-state index contributed by atoms with van der Waals surface area (Å²) in [7, 11) is 4.79. The Balaban J connectivity index is 1.52. The predicted octanol–water partition coefficient (Wildman–Crippen LogP) is 4.47. The van der Waals surface area contributed by atoms with Crippen molar-refractivity contribution in [2.45, 2.75) is 51.9 Å². The first kappa shape index (κ1) is 30.9. The second-order valence-corrected chi connectivity index (χ2v) is 10.7. The van der Waals surface area contributed by atoms with Gasteiger partial charge in [0.25, 0.3) is 0 Å². The molecule has 0 unspecified atom stereocenters. The number of likely N-dealkylation sites (tertiary alicyclic amines) is 1. The number of carbonyl (C=O) groups is 3. The summed E-state index contributed by atoms with van der Waals surface area (Å²) in [5.41, 5.74) is 1.73. The maximum Gasteiger partial charge on any atom is 0.318 e. The number of rotatable bonds is 13. The number of nitrogens with one attached hydrogen (secondary N) is 1. The highest BCUT2D eigenvalue weighted by atomic mass is 16.5. The molecule has 1 fully saturated rings. The Labute approximate surface area is 248 Å². The Hall–Kier alpha value is -4.01. The van der Waals surface area contributed by atoms with E-state index in [1.165, 1.54) is 0 Å². The molecule has 2 aromatic carbocycles. The lowest BCUT2D eigenvalue weighted by molar-refractivity contribution is -0.162. The molecule has 0 aromatic heterocycles. The molecule has 9 nitrogen and oxygen atoms in total. The van der Waals surface area contributed by atoms with Crippen LogP contribution in [0.3, 0.4) is 0 Å². The molecule has 1 aliphatic carbocycles. The van der Waals surface area contributed by atoms with Crippen LogP contribution >= 0.6 is 0 Å². The normalized spacial score (nSPS) is 19.8. The van der Waals surface area contributed by atoms with E-state index in [9.17, 15) is 14.4 Å². The average molecular weight is 579 g/mol. The van der Waals surface area contributed by atoms with Crippen molar-refractivity contribution >= 4 is 17.8 Å². The van der Waals surface area contributed by atoms with Gasteiger partial charge in [-0.3, -0.25) is 14.4 Å². The first-order valence-corrected chi connectivity index (χ1v) is 14.7. The maximum atomic E-state index is 14.0. The smallest absolute Gasteiger partial charge is 0.318 e. The summed E-state index contributed by atoms with van der Waals surface area (Å²) in [5, 5.41) is 2.96. The van der Waals surface area contributed by atoms with Crippen molar-refractivity contribution in [2.24, 2.45) is 11.3 Å². The number of carbonyl (C=O) groups excluding carboxylic acids is 3. The largest absolute Gasteiger partial charge is 0.496 e. The zero-order valence-electron chi connectivity index (χ0n) is 25.1. The number of amides is 2. The van der Waals surface area contributed by atoms with Crippen LogP contribution in [-0.4, -0.2) is 63.7 Å². The molecule has 4 rings (SSSR count). The summed E-state index contributed by atoms with van der Waals surface area (Å²) in [6.45, 7) is 2.82. The summed E-state index contributed by atoms with van der Waals surface area (Å²) >= 11 is 0. The van der Waals surface area contributed by atoms with Gasteiger partial charge in [-0.15, -0.1) is 0 Å². The summed E-state index contributed by atoms with van der Waals surface area (Å²) < 4.78 is 21.8. The van der Waals surface area contributed by atoms with Crippen LogP contribution in [0, 0.1) is 11.3 Å². The molecular weight excluding hydrogens is 536 g/mol. The number of allylic oxidation sites excluding steroid dienone is 1. The molecule has 2 atom stereocenters. The van der Waals surface area contributed by atoms with Gasteiger partial charge < -0.3 is 29.2 Å². The van der Waals surface area contributed by atoms with Crippen molar-refractivity contribution in [1.29, 1.82) is 0 Å². The van der Waals surface area contributed by atoms with Crippen molar-refractivity contribution in [3.8, 4) is 17.2 Å². The van der Waals surface area contributed by atoms with Crippen molar-refractivity contribution in [3.63, 3.8) is 0 Å². The van der Waals surface area contributed by atoms with Crippen LogP contribution in [0.2, 0.25) is 0 Å². The summed E-state index contributed by atoms with van der Waals surface area (Å²) in [4.78, 5) is 42.3. The number of para-hydroxylation sites is 1. The van der Waals surface area contributed by atoms with Crippen LogP contribution in [0.1, 0.15) is 50.2 Å². The van der Waals surface area contributed by atoms with Crippen LogP contribution in [0.5, 0.6) is 17.2 Å². The Kier molecular flexibility index (Phi) is 10.5. The van der Waals surface area contributed by atoms with E-state index in [-0.39, 0.29) is 37.2 Å². The average Bonchev–Trinajstić information content (AvgIpc) is 3.01. The molecule has 42 heavy (non-hydrogen) atoms. The number of benzene rings is 2. The number of esters is 1. The lowest BCUT2D eigenvalue weighted by Gasteiger charge is -2.48. The predicted molar refractivity (Wildman–Crippen MR) is 158 cm³/mol. The first-order chi connectivity index (χ1) is 20.4. The number of piperidine rings is 1. The minimum atomic E-state index is -0.942. The lowest BCUT2D eigenvalue weighted by atomic mass is 9.66. The van der Waals surface area contributed by atoms with Crippen molar-refractivity contribution in [1.82, 2.24) is 10.2 Å². The molecule has 1 saturated heterocycles. The van der Waals surface area contributed by atoms with Gasteiger partial charge in [0.2, 0.25) is 11.8 Å². The number of methoxy groups -OCH3 is 3. The van der Waals surface area contributed by atoms with E-state index in [0.29, 0.717) is 49.5 Å². The topological polar surface area (TPSA) is 103 Å². The van der Waals surface area contributed by atoms with Crippen molar-refractivity contribution < 1.29 is 33.3 Å². The van der Waals surface area contributed by atoms with Crippen LogP contribution in [0.25, 0.3) is 0 Å². The third kappa shape index (κ3) is 6.72. The number of fused-ring (bicyclic) bond motifs is 1. The van der Waals surface area contributed by atoms with Gasteiger partial charge >= 0.3 is 5.97 Å². The lowest BCUT2D eigenvalue weighted by Crippen LogP contribution is -2.54. The van der Waals surface area contributed by atoms with E-state index >= 15 is 0 Å². The van der Waals surface area contributed by atoms with Crippen LogP contribution in [0.4, 0.5) is 0 Å². The second kappa shape index (κ2) is 14.2. The van der Waals surface area contributed by atoms with E-state index in [4.69, 9.17) is 18.9 Å². The third-order valence-corrected chi connectivity index (χ3v) is 8.22. The Morgan fingerprint density at radius 2 is 1.76 bits per heavy atom. The van der Waals surface area contributed by atoms with E-state index in [1.54, 1.807) is 33.2 Å². The van der Waals surface area contributed by atoms with E-state index < -0.39 is 11.3 Å². The fraction of sp³-hybridized carbons (Fsp3) is 0.485. The molecule has 226 valence electrons. The standard InChI is InChI=1S/C33H42N2O7/c1-5-42-32(38)33-17-9-8-12-29(33)35(19-16-23-13-14-27(40-3)28(20-23)41-4)31(37)25(22-33)21-30(36)34-18-15-24-10-6-7-11-26(24)39-2/h6-7,10-14,20,25H,5,8-9,15-19,21-22H2,1-4H3,(H,34,36)/t25-,33+/m1/s1. The zero-order chi connectivity index (χ0) is 30.1. The van der Waals surface area contributed by atoms with Crippen molar-refractivity contribution in [2.75, 3.05) is 41.0 Å². The summed E-state index contributed by atoms with van der Waals surface area (Å²) in [6, 6.07) is 13.4. The fourth-order valence-corrected chi connectivity index (χ4v) is 6.16. The van der Waals surface area contributed by atoms with Gasteiger partial charge in [0.15, 0.2) is 11.5 Å². The monoisotopic (exact) mass is 578 g/mol. The number of hydrogen-bond acceptors (Lipinski definition) is 7. The number of ether oxygens (including phenoxy) is 4. The Morgan fingerprint density at radius 3 is 2.50 bits per heavy atom. The molecule has 0 saturated carbocycles. The quantitative estimate of drug-likeness (QED) is 0.350. The molecule has 9 heteroatoms. The van der Waals surface area contributed by atoms with Crippen LogP contribution in [0.15, 0.2) is 54.2 Å². The van der Waals surface area contributed by atoms with Crippen LogP contribution in [-0.2, 0) is 32.0 Å². The second-order valence-electron chi connectivity index (χ2n) is 10.7. The zero-order valence-corrected chi connectivity index (χ0v) is 25.1. The van der Waals surface area contributed by atoms with Gasteiger partial charge in [0.1, 0.15) is 11.2 Å². The molecule has 0 bridgehead atoms. The van der Waals surface area contributed by atoms with Crippen LogP contribution < -0.4 is 19.5 Å². The molecule has 0 spiro atoms. The van der Waals surface area contributed by atoms with Gasteiger partial charge in [0, 0.05) is 31.1 Å². The van der Waals surface area contributed by atoms with E-state index in [0.717, 1.165) is 29.7 Å². The van der Waals surface area contributed by atoms with Gasteiger partial charge in [-0.25, -0.2) is 0 Å². The number of nitrogens with zero attached hydrogens (tertiary/aromatic N) is 1. The maximum absolute atomic E-state index is 14.0. The Morgan fingerprint density at radius 1 is 1.00 bits per heavy atom. The minimum absolute atomic E-state index is 0.00600. The summed E-state index contributed by atoms with van der Waals surface area (Å²) in [5.74, 6) is 0.701. The molecule has 2 aliphatic rings. The van der Waals surface area contributed by atoms with Gasteiger partial charge in [0.05, 0.1) is 27.9 Å². The number of hydrogen-bond donors (Lipinski definition) is 1. The fourth-order valence-electron chi connectivity index (χ4n) is 6.16. The highest BCUT2D eigenvalue weighted by Crippen LogP contribution is 2.50. The van der Waals surface area contributed by atoms with Crippen molar-refractivity contribution in [3.05, 3.63) is 65.4 Å². The molecule has 1 aliphatic heterocycles. The van der Waals surface area contributed by atoms with Gasteiger partial charge in [-0.05, 0) is 74.8 Å². The molecule has 2 aromatic rings. The molecular formula is C33H42N2O7.